The number of hydrogen-bond acceptors (Lipinski definition) is 3. The van der Waals surface area contributed by atoms with Crippen LogP contribution < -0.4 is 4.90 Å². The predicted molar refractivity (Wildman–Crippen MR) is 66.6 cm³/mol. The molecule has 0 aliphatic carbocycles. The zero-order valence-electron chi connectivity index (χ0n) is 10.1. The molecule has 0 amide bonds. The highest BCUT2D eigenvalue weighted by Crippen LogP contribution is 2.23. The number of hydrogen-bond donors (Lipinski definition) is 1. The van der Waals surface area contributed by atoms with Gasteiger partial charge in [-0.25, -0.2) is 9.78 Å². The van der Waals surface area contributed by atoms with E-state index in [-0.39, 0.29) is 0 Å². The van der Waals surface area contributed by atoms with Crippen LogP contribution in [-0.4, -0.2) is 29.1 Å². The van der Waals surface area contributed by atoms with Crippen molar-refractivity contribution in [2.45, 2.75) is 32.6 Å². The molecule has 0 unspecified atom stereocenters. The number of carboxylic acids is 1. The first-order chi connectivity index (χ1) is 8.20. The van der Waals surface area contributed by atoms with Gasteiger partial charge in [0.15, 0.2) is 0 Å². The molecule has 0 radical (unpaired) electrons. The molecule has 2 heterocycles. The fourth-order valence-electron chi connectivity index (χ4n) is 2.33. The van der Waals surface area contributed by atoms with Gasteiger partial charge >= 0.3 is 5.97 Å². The number of anilines is 1. The Morgan fingerprint density at radius 2 is 1.94 bits per heavy atom. The summed E-state index contributed by atoms with van der Waals surface area (Å²) < 4.78 is 0. The largest absolute Gasteiger partial charge is 0.478 e. The summed E-state index contributed by atoms with van der Waals surface area (Å²) in [5, 5.41) is 9.28. The number of carboxylic acid groups (broad SMARTS) is 1. The normalized spacial score (nSPS) is 16.6. The number of pyridine rings is 1. The Balaban J connectivity index is 2.36. The molecule has 1 aliphatic rings. The van der Waals surface area contributed by atoms with Crippen molar-refractivity contribution in [3.63, 3.8) is 0 Å². The van der Waals surface area contributed by atoms with Crippen molar-refractivity contribution in [2.24, 2.45) is 0 Å². The first-order valence-electron chi connectivity index (χ1n) is 6.14. The summed E-state index contributed by atoms with van der Waals surface area (Å²) in [6.45, 7) is 3.65. The van der Waals surface area contributed by atoms with Gasteiger partial charge in [0.1, 0.15) is 11.4 Å². The SMILES string of the molecule is Cc1ccnc(N2CCCCCC2)c1C(=O)O. The minimum absolute atomic E-state index is 0.356. The molecule has 92 valence electrons. The molecule has 1 aromatic rings. The van der Waals surface area contributed by atoms with Crippen molar-refractivity contribution in [1.29, 1.82) is 0 Å². The van der Waals surface area contributed by atoms with E-state index in [2.05, 4.69) is 9.88 Å². The highest BCUT2D eigenvalue weighted by Gasteiger charge is 2.20. The van der Waals surface area contributed by atoms with Gasteiger partial charge < -0.3 is 10.0 Å². The number of nitrogens with zero attached hydrogens (tertiary/aromatic N) is 2. The van der Waals surface area contributed by atoms with Crippen molar-refractivity contribution in [3.8, 4) is 0 Å². The topological polar surface area (TPSA) is 53.4 Å². The number of rotatable bonds is 2. The minimum atomic E-state index is -0.880. The van der Waals surface area contributed by atoms with Gasteiger partial charge in [0, 0.05) is 19.3 Å². The number of aromatic nitrogens is 1. The quantitative estimate of drug-likeness (QED) is 0.854. The average Bonchev–Trinajstić information content (AvgIpc) is 2.56. The fraction of sp³-hybridized carbons (Fsp3) is 0.538. The predicted octanol–water partition coefficient (Wildman–Crippen LogP) is 2.47. The van der Waals surface area contributed by atoms with Crippen molar-refractivity contribution < 1.29 is 9.90 Å². The second-order valence-electron chi connectivity index (χ2n) is 4.53. The minimum Gasteiger partial charge on any atom is -0.478 e. The van der Waals surface area contributed by atoms with E-state index >= 15 is 0 Å². The lowest BCUT2D eigenvalue weighted by molar-refractivity contribution is 0.0696. The molecular formula is C13H18N2O2. The van der Waals surface area contributed by atoms with Gasteiger partial charge in [-0.05, 0) is 31.4 Å². The third kappa shape index (κ3) is 2.57. The van der Waals surface area contributed by atoms with Crippen LogP contribution in [0.2, 0.25) is 0 Å². The third-order valence-electron chi connectivity index (χ3n) is 3.26. The molecule has 4 heteroatoms. The van der Waals surface area contributed by atoms with Crippen molar-refractivity contribution in [1.82, 2.24) is 4.98 Å². The van der Waals surface area contributed by atoms with Crippen LogP contribution in [-0.2, 0) is 0 Å². The Hall–Kier alpha value is -1.58. The van der Waals surface area contributed by atoms with E-state index in [1.165, 1.54) is 12.8 Å². The van der Waals surface area contributed by atoms with Crippen LogP contribution in [0.15, 0.2) is 12.3 Å². The third-order valence-corrected chi connectivity index (χ3v) is 3.26. The van der Waals surface area contributed by atoms with Crippen LogP contribution >= 0.6 is 0 Å². The first-order valence-corrected chi connectivity index (χ1v) is 6.14. The maximum atomic E-state index is 11.3. The highest BCUT2D eigenvalue weighted by atomic mass is 16.4. The molecule has 0 bridgehead atoms. The van der Waals surface area contributed by atoms with Crippen LogP contribution in [0, 0.1) is 6.92 Å². The lowest BCUT2D eigenvalue weighted by Gasteiger charge is -2.23. The summed E-state index contributed by atoms with van der Waals surface area (Å²) >= 11 is 0. The van der Waals surface area contributed by atoms with Crippen molar-refractivity contribution in [2.75, 3.05) is 18.0 Å². The summed E-state index contributed by atoms with van der Waals surface area (Å²) in [5.41, 5.74) is 1.14. The van der Waals surface area contributed by atoms with E-state index in [9.17, 15) is 9.90 Å². The van der Waals surface area contributed by atoms with Crippen LogP contribution in [0.25, 0.3) is 0 Å². The molecule has 0 atom stereocenters. The summed E-state index contributed by atoms with van der Waals surface area (Å²) in [6, 6.07) is 1.75. The molecule has 0 saturated carbocycles. The summed E-state index contributed by atoms with van der Waals surface area (Å²) in [7, 11) is 0. The zero-order chi connectivity index (χ0) is 12.3. The van der Waals surface area contributed by atoms with Crippen LogP contribution in [0.3, 0.4) is 0 Å². The molecular weight excluding hydrogens is 216 g/mol. The van der Waals surface area contributed by atoms with Gasteiger partial charge in [0.2, 0.25) is 0 Å². The summed E-state index contributed by atoms with van der Waals surface area (Å²) in [4.78, 5) is 17.7. The maximum absolute atomic E-state index is 11.3. The molecule has 0 spiro atoms. The Labute approximate surface area is 101 Å². The average molecular weight is 234 g/mol. The second-order valence-corrected chi connectivity index (χ2v) is 4.53. The summed E-state index contributed by atoms with van der Waals surface area (Å²) in [6.07, 6.45) is 6.39. The Morgan fingerprint density at radius 1 is 1.29 bits per heavy atom. The van der Waals surface area contributed by atoms with Gasteiger partial charge in [0.05, 0.1) is 0 Å². The Morgan fingerprint density at radius 3 is 2.53 bits per heavy atom. The van der Waals surface area contributed by atoms with E-state index in [0.717, 1.165) is 31.5 Å². The standard InChI is InChI=1S/C13H18N2O2/c1-10-6-7-14-12(11(10)13(16)17)15-8-4-2-3-5-9-15/h6-7H,2-5,8-9H2,1H3,(H,16,17). The number of aryl methyl sites for hydroxylation is 1. The molecule has 1 saturated heterocycles. The van der Waals surface area contributed by atoms with Gasteiger partial charge in [-0.15, -0.1) is 0 Å². The highest BCUT2D eigenvalue weighted by molar-refractivity contribution is 5.94. The van der Waals surface area contributed by atoms with E-state index in [1.54, 1.807) is 12.3 Å². The van der Waals surface area contributed by atoms with Gasteiger partial charge in [-0.2, -0.15) is 0 Å². The summed E-state index contributed by atoms with van der Waals surface area (Å²) in [5.74, 6) is -0.241. The molecule has 4 nitrogen and oxygen atoms in total. The molecule has 17 heavy (non-hydrogen) atoms. The van der Waals surface area contributed by atoms with Crippen molar-refractivity contribution in [3.05, 3.63) is 23.4 Å². The molecule has 1 aromatic heterocycles. The van der Waals surface area contributed by atoms with Crippen LogP contribution in [0.1, 0.15) is 41.6 Å². The number of carbonyl (C=O) groups is 1. The Kier molecular flexibility index (Phi) is 3.61. The number of aromatic carboxylic acids is 1. The lowest BCUT2D eigenvalue weighted by Crippen LogP contribution is -2.27. The Bertz CT molecular complexity index is 410. The van der Waals surface area contributed by atoms with Crippen LogP contribution in [0.4, 0.5) is 5.82 Å². The lowest BCUT2D eigenvalue weighted by atomic mass is 10.1. The monoisotopic (exact) mass is 234 g/mol. The smallest absolute Gasteiger partial charge is 0.339 e. The van der Waals surface area contributed by atoms with E-state index < -0.39 is 5.97 Å². The second kappa shape index (κ2) is 5.17. The maximum Gasteiger partial charge on any atom is 0.339 e. The molecule has 0 aromatic carbocycles. The van der Waals surface area contributed by atoms with E-state index in [0.29, 0.717) is 11.4 Å². The zero-order valence-corrected chi connectivity index (χ0v) is 10.1. The van der Waals surface area contributed by atoms with Crippen LogP contribution in [0.5, 0.6) is 0 Å². The molecule has 2 rings (SSSR count). The first kappa shape index (κ1) is 11.9. The van der Waals surface area contributed by atoms with Gasteiger partial charge in [-0.3, -0.25) is 0 Å². The van der Waals surface area contributed by atoms with Crippen molar-refractivity contribution >= 4 is 11.8 Å². The van der Waals surface area contributed by atoms with E-state index in [4.69, 9.17) is 0 Å². The van der Waals surface area contributed by atoms with Gasteiger partial charge in [0.25, 0.3) is 0 Å². The molecule has 1 N–H and O–H groups in total. The van der Waals surface area contributed by atoms with Gasteiger partial charge in [-0.1, -0.05) is 12.8 Å². The molecule has 1 fully saturated rings. The van der Waals surface area contributed by atoms with E-state index in [1.807, 2.05) is 6.92 Å². The molecule has 1 aliphatic heterocycles. The fourth-order valence-corrected chi connectivity index (χ4v) is 2.33.